The molecule has 96 valence electrons. The Morgan fingerprint density at radius 3 is 2.82 bits per heavy atom. The number of nitrogens with one attached hydrogen (secondary N) is 1. The molecule has 1 heterocycles. The van der Waals surface area contributed by atoms with Crippen molar-refractivity contribution in [2.45, 2.75) is 70.9 Å². The van der Waals surface area contributed by atoms with Crippen LogP contribution in [0.5, 0.6) is 0 Å². The summed E-state index contributed by atoms with van der Waals surface area (Å²) in [5.74, 6) is 2.01. The summed E-state index contributed by atoms with van der Waals surface area (Å²) in [4.78, 5) is 0. The topological polar surface area (TPSA) is 51.0 Å². The van der Waals surface area contributed by atoms with Gasteiger partial charge in [-0.25, -0.2) is 0 Å². The second kappa shape index (κ2) is 6.15. The van der Waals surface area contributed by atoms with Crippen molar-refractivity contribution in [3.8, 4) is 0 Å². The maximum atomic E-state index is 5.73. The fourth-order valence-electron chi connectivity index (χ4n) is 1.97. The minimum absolute atomic E-state index is 0.442. The lowest BCUT2D eigenvalue weighted by Crippen LogP contribution is -2.15. The van der Waals surface area contributed by atoms with Gasteiger partial charge in [-0.1, -0.05) is 26.7 Å². The van der Waals surface area contributed by atoms with Crippen LogP contribution in [-0.4, -0.2) is 16.2 Å². The van der Waals surface area contributed by atoms with E-state index in [1.165, 1.54) is 25.7 Å². The molecule has 1 aromatic rings. The maximum absolute atomic E-state index is 5.73. The van der Waals surface area contributed by atoms with E-state index in [4.69, 9.17) is 4.42 Å². The summed E-state index contributed by atoms with van der Waals surface area (Å²) in [7, 11) is 0. The first-order valence-corrected chi connectivity index (χ1v) is 6.89. The predicted octanol–water partition coefficient (Wildman–Crippen LogP) is 3.01. The SMILES string of the molecule is CCCCC(CC)c1nnc(CNC2CC2)o1. The monoisotopic (exact) mass is 237 g/mol. The lowest BCUT2D eigenvalue weighted by atomic mass is 10.00. The standard InChI is InChI=1S/C13H23N3O/c1-3-5-6-10(4-2)13-16-15-12(17-13)9-14-11-7-8-11/h10-11,14H,3-9H2,1-2H3. The molecule has 2 rings (SSSR count). The Bertz CT molecular complexity index is 333. The summed E-state index contributed by atoms with van der Waals surface area (Å²) in [6.07, 6.45) is 7.27. The molecule has 1 atom stereocenters. The molecule has 1 aliphatic rings. The van der Waals surface area contributed by atoms with Crippen LogP contribution in [0.25, 0.3) is 0 Å². The van der Waals surface area contributed by atoms with Crippen LogP contribution in [0.15, 0.2) is 4.42 Å². The first-order chi connectivity index (χ1) is 8.33. The highest BCUT2D eigenvalue weighted by molar-refractivity contribution is 4.92. The number of hydrogen-bond acceptors (Lipinski definition) is 4. The normalized spacial score (nSPS) is 17.3. The highest BCUT2D eigenvalue weighted by atomic mass is 16.4. The van der Waals surface area contributed by atoms with Gasteiger partial charge in [0.1, 0.15) is 0 Å². The summed E-state index contributed by atoms with van der Waals surface area (Å²) < 4.78 is 5.73. The zero-order valence-electron chi connectivity index (χ0n) is 10.9. The van der Waals surface area contributed by atoms with Crippen LogP contribution in [0.4, 0.5) is 0 Å². The number of nitrogens with zero attached hydrogens (tertiary/aromatic N) is 2. The van der Waals surface area contributed by atoms with E-state index < -0.39 is 0 Å². The van der Waals surface area contributed by atoms with Gasteiger partial charge in [0.05, 0.1) is 6.54 Å². The molecule has 0 aliphatic heterocycles. The van der Waals surface area contributed by atoms with Crippen LogP contribution in [0.3, 0.4) is 0 Å². The molecule has 1 unspecified atom stereocenters. The van der Waals surface area contributed by atoms with E-state index in [1.807, 2.05) is 0 Å². The van der Waals surface area contributed by atoms with Gasteiger partial charge in [-0.15, -0.1) is 10.2 Å². The van der Waals surface area contributed by atoms with Crippen molar-refractivity contribution in [3.63, 3.8) is 0 Å². The molecular weight excluding hydrogens is 214 g/mol. The van der Waals surface area contributed by atoms with Crippen LogP contribution in [0, 0.1) is 0 Å². The van der Waals surface area contributed by atoms with Gasteiger partial charge in [0.25, 0.3) is 0 Å². The summed E-state index contributed by atoms with van der Waals surface area (Å²) in [6, 6.07) is 0.687. The number of unbranched alkanes of at least 4 members (excludes halogenated alkanes) is 1. The molecule has 1 N–H and O–H groups in total. The molecule has 1 fully saturated rings. The summed E-state index contributed by atoms with van der Waals surface area (Å²) in [6.45, 7) is 5.13. The van der Waals surface area contributed by atoms with E-state index in [2.05, 4.69) is 29.4 Å². The van der Waals surface area contributed by atoms with Crippen molar-refractivity contribution in [1.29, 1.82) is 0 Å². The van der Waals surface area contributed by atoms with Gasteiger partial charge in [-0.3, -0.25) is 0 Å². The van der Waals surface area contributed by atoms with Gasteiger partial charge in [0, 0.05) is 12.0 Å². The Labute approximate surface area is 103 Å². The number of hydrogen-bond donors (Lipinski definition) is 1. The molecular formula is C13H23N3O. The van der Waals surface area contributed by atoms with Gasteiger partial charge in [-0.2, -0.15) is 0 Å². The van der Waals surface area contributed by atoms with Crippen LogP contribution < -0.4 is 5.32 Å². The molecule has 4 nitrogen and oxygen atoms in total. The summed E-state index contributed by atoms with van der Waals surface area (Å²) >= 11 is 0. The first-order valence-electron chi connectivity index (χ1n) is 6.89. The molecule has 1 aliphatic carbocycles. The molecule has 0 aromatic carbocycles. The molecule has 4 heteroatoms. The van der Waals surface area contributed by atoms with Gasteiger partial charge >= 0.3 is 0 Å². The first kappa shape index (κ1) is 12.6. The minimum atomic E-state index is 0.442. The third-order valence-corrected chi connectivity index (χ3v) is 3.35. The van der Waals surface area contributed by atoms with Crippen molar-refractivity contribution in [2.75, 3.05) is 0 Å². The van der Waals surface area contributed by atoms with E-state index in [0.29, 0.717) is 12.0 Å². The fourth-order valence-corrected chi connectivity index (χ4v) is 1.97. The van der Waals surface area contributed by atoms with E-state index in [0.717, 1.165) is 31.2 Å². The third-order valence-electron chi connectivity index (χ3n) is 3.35. The quantitative estimate of drug-likeness (QED) is 0.755. The van der Waals surface area contributed by atoms with Crippen LogP contribution in [-0.2, 0) is 6.54 Å². The largest absolute Gasteiger partial charge is 0.424 e. The molecule has 0 bridgehead atoms. The highest BCUT2D eigenvalue weighted by Gasteiger charge is 2.22. The Hall–Kier alpha value is -0.900. The molecule has 0 amide bonds. The van der Waals surface area contributed by atoms with Crippen molar-refractivity contribution in [2.24, 2.45) is 0 Å². The van der Waals surface area contributed by atoms with Crippen molar-refractivity contribution < 1.29 is 4.42 Å². The van der Waals surface area contributed by atoms with Crippen LogP contribution >= 0.6 is 0 Å². The number of aromatic nitrogens is 2. The molecule has 17 heavy (non-hydrogen) atoms. The Kier molecular flexibility index (Phi) is 4.54. The molecule has 0 spiro atoms. The molecule has 0 radical (unpaired) electrons. The third kappa shape index (κ3) is 3.80. The number of rotatable bonds is 8. The van der Waals surface area contributed by atoms with E-state index in [1.54, 1.807) is 0 Å². The molecule has 1 saturated carbocycles. The average Bonchev–Trinajstić information content (AvgIpc) is 3.07. The van der Waals surface area contributed by atoms with Gasteiger partial charge in [0.15, 0.2) is 0 Å². The Balaban J connectivity index is 1.85. The van der Waals surface area contributed by atoms with Crippen LogP contribution in [0.1, 0.15) is 70.1 Å². The van der Waals surface area contributed by atoms with E-state index >= 15 is 0 Å². The van der Waals surface area contributed by atoms with Crippen molar-refractivity contribution in [1.82, 2.24) is 15.5 Å². The minimum Gasteiger partial charge on any atom is -0.424 e. The zero-order valence-corrected chi connectivity index (χ0v) is 10.9. The fraction of sp³-hybridized carbons (Fsp3) is 0.846. The second-order valence-corrected chi connectivity index (χ2v) is 4.94. The lowest BCUT2D eigenvalue weighted by Gasteiger charge is -2.08. The summed E-state index contributed by atoms with van der Waals surface area (Å²) in [5.41, 5.74) is 0. The second-order valence-electron chi connectivity index (χ2n) is 4.94. The van der Waals surface area contributed by atoms with Gasteiger partial charge < -0.3 is 9.73 Å². The van der Waals surface area contributed by atoms with Crippen molar-refractivity contribution >= 4 is 0 Å². The average molecular weight is 237 g/mol. The Morgan fingerprint density at radius 1 is 1.35 bits per heavy atom. The highest BCUT2D eigenvalue weighted by Crippen LogP contribution is 2.24. The van der Waals surface area contributed by atoms with E-state index in [9.17, 15) is 0 Å². The van der Waals surface area contributed by atoms with Gasteiger partial charge in [0.2, 0.25) is 11.8 Å². The Morgan fingerprint density at radius 2 is 2.18 bits per heavy atom. The maximum Gasteiger partial charge on any atom is 0.230 e. The zero-order chi connectivity index (χ0) is 12.1. The molecule has 1 aromatic heterocycles. The predicted molar refractivity (Wildman–Crippen MR) is 66.7 cm³/mol. The summed E-state index contributed by atoms with van der Waals surface area (Å²) in [5, 5.41) is 11.7. The van der Waals surface area contributed by atoms with Crippen LogP contribution in [0.2, 0.25) is 0 Å². The lowest BCUT2D eigenvalue weighted by molar-refractivity contribution is 0.384. The van der Waals surface area contributed by atoms with Crippen molar-refractivity contribution in [3.05, 3.63) is 11.8 Å². The van der Waals surface area contributed by atoms with Gasteiger partial charge in [-0.05, 0) is 25.7 Å². The van der Waals surface area contributed by atoms with E-state index in [-0.39, 0.29) is 0 Å². The smallest absolute Gasteiger partial charge is 0.230 e. The molecule has 0 saturated heterocycles.